The van der Waals surface area contributed by atoms with Gasteiger partial charge in [-0.25, -0.2) is 0 Å². The van der Waals surface area contributed by atoms with Crippen LogP contribution in [0.25, 0.3) is 0 Å². The highest BCUT2D eigenvalue weighted by Gasteiger charge is 2.24. The first-order valence-electron chi connectivity index (χ1n) is 6.46. The van der Waals surface area contributed by atoms with Crippen LogP contribution in [0.2, 0.25) is 0 Å². The maximum Gasteiger partial charge on any atom is 0.0654 e. The zero-order valence-electron chi connectivity index (χ0n) is 11.2. The first-order valence-corrected chi connectivity index (χ1v) is 6.46. The third kappa shape index (κ3) is 4.52. The molecule has 0 saturated heterocycles. The van der Waals surface area contributed by atoms with Crippen molar-refractivity contribution in [2.45, 2.75) is 59.0 Å². The number of aliphatic hydroxyl groups is 1. The van der Waals surface area contributed by atoms with E-state index in [1.165, 1.54) is 18.4 Å². The Hall–Kier alpha value is -0.560. The highest BCUT2D eigenvalue weighted by molar-refractivity contribution is 5.05. The van der Waals surface area contributed by atoms with Gasteiger partial charge in [0.05, 0.1) is 5.60 Å². The Morgan fingerprint density at radius 1 is 1.25 bits per heavy atom. The van der Waals surface area contributed by atoms with Gasteiger partial charge >= 0.3 is 0 Å². The van der Waals surface area contributed by atoms with Gasteiger partial charge in [0, 0.05) is 5.92 Å². The molecule has 0 saturated carbocycles. The third-order valence-corrected chi connectivity index (χ3v) is 3.54. The second-order valence-corrected chi connectivity index (χ2v) is 5.79. The normalized spacial score (nSPS) is 33.9. The van der Waals surface area contributed by atoms with Crippen LogP contribution in [0, 0.1) is 11.8 Å². The van der Waals surface area contributed by atoms with Crippen LogP contribution in [0.1, 0.15) is 53.4 Å². The van der Waals surface area contributed by atoms with Crippen molar-refractivity contribution in [2.24, 2.45) is 11.8 Å². The molecule has 1 N–H and O–H groups in total. The predicted molar refractivity (Wildman–Crippen MR) is 70.3 cm³/mol. The minimum Gasteiger partial charge on any atom is -0.390 e. The summed E-state index contributed by atoms with van der Waals surface area (Å²) in [7, 11) is 0. The third-order valence-electron chi connectivity index (χ3n) is 3.54. The van der Waals surface area contributed by atoms with Gasteiger partial charge in [0.25, 0.3) is 0 Å². The van der Waals surface area contributed by atoms with Crippen LogP contribution in [0.5, 0.6) is 0 Å². The monoisotopic (exact) mass is 222 g/mol. The smallest absolute Gasteiger partial charge is 0.0654 e. The highest BCUT2D eigenvalue weighted by Crippen LogP contribution is 2.27. The number of hydrogen-bond acceptors (Lipinski definition) is 1. The van der Waals surface area contributed by atoms with Crippen LogP contribution >= 0.6 is 0 Å². The van der Waals surface area contributed by atoms with E-state index in [1.54, 1.807) is 0 Å². The summed E-state index contributed by atoms with van der Waals surface area (Å²) in [6.07, 6.45) is 11.4. The van der Waals surface area contributed by atoms with Crippen LogP contribution in [0.4, 0.5) is 0 Å². The molecule has 2 atom stereocenters. The first-order chi connectivity index (χ1) is 7.39. The fourth-order valence-electron chi connectivity index (χ4n) is 2.18. The second kappa shape index (κ2) is 5.67. The van der Waals surface area contributed by atoms with Crippen molar-refractivity contribution in [1.82, 2.24) is 0 Å². The average molecular weight is 222 g/mol. The second-order valence-electron chi connectivity index (χ2n) is 5.79. The van der Waals surface area contributed by atoms with Gasteiger partial charge in [-0.15, -0.1) is 0 Å². The molecule has 0 bridgehead atoms. The molecule has 1 aliphatic carbocycles. The number of allylic oxidation sites excluding steroid dienone is 3. The van der Waals surface area contributed by atoms with E-state index in [2.05, 4.69) is 32.1 Å². The van der Waals surface area contributed by atoms with E-state index in [1.807, 2.05) is 13.8 Å². The average Bonchev–Trinajstić information content (AvgIpc) is 2.15. The Labute approximate surface area is 100 Å². The van der Waals surface area contributed by atoms with Crippen molar-refractivity contribution in [2.75, 3.05) is 0 Å². The van der Waals surface area contributed by atoms with Crippen molar-refractivity contribution in [3.05, 3.63) is 23.8 Å². The topological polar surface area (TPSA) is 20.2 Å². The van der Waals surface area contributed by atoms with Crippen molar-refractivity contribution in [3.63, 3.8) is 0 Å². The maximum atomic E-state index is 10.1. The molecule has 0 spiro atoms. The lowest BCUT2D eigenvalue weighted by Gasteiger charge is -2.27. The van der Waals surface area contributed by atoms with Crippen LogP contribution in [0.15, 0.2) is 23.8 Å². The van der Waals surface area contributed by atoms with E-state index < -0.39 is 5.60 Å². The van der Waals surface area contributed by atoms with Crippen molar-refractivity contribution < 1.29 is 5.11 Å². The van der Waals surface area contributed by atoms with Gasteiger partial charge in [-0.2, -0.15) is 0 Å². The Morgan fingerprint density at radius 2 is 1.94 bits per heavy atom. The molecule has 0 heterocycles. The molecule has 1 nitrogen and oxygen atoms in total. The standard InChI is InChI=1S/C15H26O/c1-12-6-5-7-13(2)9-11-14(10-8-12)15(3,4)16/h6,9,11,13-14,16H,5,7-8,10H2,1-4H3/b11-9-,12-6-/t13-,14+/m1/s1. The van der Waals surface area contributed by atoms with Crippen LogP contribution in [-0.2, 0) is 0 Å². The minimum atomic E-state index is -0.601. The molecule has 92 valence electrons. The first kappa shape index (κ1) is 13.5. The Bertz CT molecular complexity index is 268. The van der Waals surface area contributed by atoms with Crippen LogP contribution in [-0.4, -0.2) is 10.7 Å². The van der Waals surface area contributed by atoms with E-state index in [4.69, 9.17) is 0 Å². The van der Waals surface area contributed by atoms with E-state index in [0.717, 1.165) is 12.8 Å². The van der Waals surface area contributed by atoms with Crippen LogP contribution < -0.4 is 0 Å². The van der Waals surface area contributed by atoms with Gasteiger partial charge in [0.1, 0.15) is 0 Å². The maximum absolute atomic E-state index is 10.1. The summed E-state index contributed by atoms with van der Waals surface area (Å²) in [6, 6.07) is 0. The molecule has 1 aliphatic rings. The zero-order chi connectivity index (χ0) is 12.2. The minimum absolute atomic E-state index is 0.274. The SMILES string of the molecule is C/C1=C/CC[C@@H](C)/C=C\[C@@H](C(C)(C)O)CC1. The molecule has 1 rings (SSSR count). The van der Waals surface area contributed by atoms with Gasteiger partial charge in [0.15, 0.2) is 0 Å². The molecule has 0 unspecified atom stereocenters. The molecule has 0 aromatic carbocycles. The van der Waals surface area contributed by atoms with Crippen molar-refractivity contribution >= 4 is 0 Å². The molecule has 0 fully saturated rings. The van der Waals surface area contributed by atoms with Crippen molar-refractivity contribution in [1.29, 1.82) is 0 Å². The van der Waals surface area contributed by atoms with Gasteiger partial charge < -0.3 is 5.11 Å². The summed E-state index contributed by atoms with van der Waals surface area (Å²) in [5.74, 6) is 0.892. The van der Waals surface area contributed by atoms with E-state index in [-0.39, 0.29) is 5.92 Å². The summed E-state index contributed by atoms with van der Waals surface area (Å²) in [5, 5.41) is 10.1. The summed E-state index contributed by atoms with van der Waals surface area (Å²) < 4.78 is 0. The molecular weight excluding hydrogens is 196 g/mol. The number of rotatable bonds is 1. The van der Waals surface area contributed by atoms with Gasteiger partial charge in [0.2, 0.25) is 0 Å². The van der Waals surface area contributed by atoms with E-state index in [9.17, 15) is 5.11 Å². The fraction of sp³-hybridized carbons (Fsp3) is 0.733. The van der Waals surface area contributed by atoms with Gasteiger partial charge in [-0.1, -0.05) is 30.7 Å². The summed E-state index contributed by atoms with van der Waals surface area (Å²) in [5.41, 5.74) is 0.868. The summed E-state index contributed by atoms with van der Waals surface area (Å²) in [4.78, 5) is 0. The molecule has 0 aromatic heterocycles. The largest absolute Gasteiger partial charge is 0.390 e. The summed E-state index contributed by atoms with van der Waals surface area (Å²) >= 11 is 0. The van der Waals surface area contributed by atoms with Gasteiger partial charge in [-0.05, 0) is 52.4 Å². The molecule has 0 amide bonds. The van der Waals surface area contributed by atoms with Crippen molar-refractivity contribution in [3.8, 4) is 0 Å². The predicted octanol–water partition coefficient (Wildman–Crippen LogP) is 4.09. The molecular formula is C15H26O. The fourth-order valence-corrected chi connectivity index (χ4v) is 2.18. The molecule has 0 aromatic rings. The number of hydrogen-bond donors (Lipinski definition) is 1. The summed E-state index contributed by atoms with van der Waals surface area (Å²) in [6.45, 7) is 8.29. The highest BCUT2D eigenvalue weighted by atomic mass is 16.3. The quantitative estimate of drug-likeness (QED) is 0.663. The van der Waals surface area contributed by atoms with Gasteiger partial charge in [-0.3, -0.25) is 0 Å². The molecule has 0 radical (unpaired) electrons. The Morgan fingerprint density at radius 3 is 2.56 bits per heavy atom. The van der Waals surface area contributed by atoms with E-state index >= 15 is 0 Å². The molecule has 0 aliphatic heterocycles. The zero-order valence-corrected chi connectivity index (χ0v) is 11.2. The Balaban J connectivity index is 2.76. The van der Waals surface area contributed by atoms with E-state index in [0.29, 0.717) is 5.92 Å². The lowest BCUT2D eigenvalue weighted by Crippen LogP contribution is -2.29. The lowest BCUT2D eigenvalue weighted by molar-refractivity contribution is 0.0336. The van der Waals surface area contributed by atoms with Crippen LogP contribution in [0.3, 0.4) is 0 Å². The molecule has 16 heavy (non-hydrogen) atoms. The lowest BCUT2D eigenvalue weighted by atomic mass is 9.84. The molecule has 1 heteroatoms. The Kier molecular flexibility index (Phi) is 4.79.